The van der Waals surface area contributed by atoms with Crippen LogP contribution in [0.1, 0.15) is 29.4 Å². The summed E-state index contributed by atoms with van der Waals surface area (Å²) >= 11 is 0. The fraction of sp³-hybridized carbons (Fsp3) is 0.250. The lowest BCUT2D eigenvalue weighted by Gasteiger charge is -2.07. The fourth-order valence-electron chi connectivity index (χ4n) is 2.01. The molecule has 21 heavy (non-hydrogen) atoms. The van der Waals surface area contributed by atoms with Gasteiger partial charge in [-0.05, 0) is 29.8 Å². The van der Waals surface area contributed by atoms with Gasteiger partial charge in [0.2, 0.25) is 6.79 Å². The molecule has 108 valence electrons. The number of nitrogens with zero attached hydrogens (tertiary/aromatic N) is 1. The molecule has 0 N–H and O–H groups in total. The predicted octanol–water partition coefficient (Wildman–Crippen LogP) is 2.98. The number of ether oxygens (including phenoxy) is 3. The normalized spacial score (nSPS) is 12.2. The number of benzene rings is 1. The number of Topliss-reactive ketones (excluding diaryl/α,β-unsaturated/α-hetero) is 1. The van der Waals surface area contributed by atoms with Gasteiger partial charge in [0.25, 0.3) is 0 Å². The maximum Gasteiger partial charge on any atom is 0.231 e. The number of rotatable bonds is 5. The Morgan fingerprint density at radius 1 is 1.24 bits per heavy atom. The van der Waals surface area contributed by atoms with Crippen LogP contribution in [0.25, 0.3) is 0 Å². The highest BCUT2D eigenvalue weighted by Gasteiger charge is 2.13. The number of carbonyl (C=O) groups is 1. The van der Waals surface area contributed by atoms with Crippen LogP contribution >= 0.6 is 0 Å². The van der Waals surface area contributed by atoms with Crippen molar-refractivity contribution in [2.75, 3.05) is 6.79 Å². The maximum atomic E-state index is 11.5. The lowest BCUT2D eigenvalue weighted by Crippen LogP contribution is -2.01. The van der Waals surface area contributed by atoms with Crippen molar-refractivity contribution in [2.24, 2.45) is 0 Å². The molecule has 0 bridgehead atoms. The quantitative estimate of drug-likeness (QED) is 0.790. The van der Waals surface area contributed by atoms with Crippen molar-refractivity contribution in [3.05, 3.63) is 47.8 Å². The van der Waals surface area contributed by atoms with Gasteiger partial charge in [0.1, 0.15) is 18.1 Å². The minimum absolute atomic E-state index is 0.0253. The van der Waals surface area contributed by atoms with Crippen molar-refractivity contribution in [1.82, 2.24) is 4.98 Å². The Kier molecular flexibility index (Phi) is 3.73. The monoisotopic (exact) mass is 285 g/mol. The fourth-order valence-corrected chi connectivity index (χ4v) is 2.01. The van der Waals surface area contributed by atoms with Gasteiger partial charge < -0.3 is 14.2 Å². The Morgan fingerprint density at radius 3 is 2.86 bits per heavy atom. The summed E-state index contributed by atoms with van der Waals surface area (Å²) in [7, 11) is 0. The zero-order chi connectivity index (χ0) is 14.7. The molecule has 0 spiro atoms. The molecular weight excluding hydrogens is 270 g/mol. The molecule has 0 saturated carbocycles. The van der Waals surface area contributed by atoms with E-state index in [-0.39, 0.29) is 12.6 Å². The molecule has 2 aromatic rings. The van der Waals surface area contributed by atoms with Gasteiger partial charge in [-0.1, -0.05) is 13.0 Å². The molecule has 0 fully saturated rings. The summed E-state index contributed by atoms with van der Waals surface area (Å²) in [6, 6.07) is 9.12. The Balaban J connectivity index is 1.63. The van der Waals surface area contributed by atoms with E-state index >= 15 is 0 Å². The second-order valence-corrected chi connectivity index (χ2v) is 4.63. The lowest BCUT2D eigenvalue weighted by molar-refractivity contribution is 0.0983. The molecule has 5 nitrogen and oxygen atoms in total. The van der Waals surface area contributed by atoms with Gasteiger partial charge in [0, 0.05) is 6.42 Å². The highest BCUT2D eigenvalue weighted by Crippen LogP contribution is 2.32. The van der Waals surface area contributed by atoms with E-state index in [1.165, 1.54) is 0 Å². The molecule has 0 amide bonds. The van der Waals surface area contributed by atoms with Gasteiger partial charge in [-0.25, -0.2) is 4.98 Å². The summed E-state index contributed by atoms with van der Waals surface area (Å²) in [6.45, 7) is 2.48. The van der Waals surface area contributed by atoms with Crippen LogP contribution in [0, 0.1) is 0 Å². The molecule has 0 radical (unpaired) electrons. The van der Waals surface area contributed by atoms with Crippen LogP contribution in [0.15, 0.2) is 36.5 Å². The Hall–Kier alpha value is -2.56. The second-order valence-electron chi connectivity index (χ2n) is 4.63. The second kappa shape index (κ2) is 5.83. The molecule has 2 heterocycles. The SMILES string of the molecule is CCC(=O)c1ccc(OCc2ccc3c(c2)OCO3)cn1. The number of ketones is 1. The minimum atomic E-state index is 0.0253. The van der Waals surface area contributed by atoms with Crippen LogP contribution in [0.3, 0.4) is 0 Å². The molecule has 0 atom stereocenters. The van der Waals surface area contributed by atoms with Crippen molar-refractivity contribution in [2.45, 2.75) is 20.0 Å². The van der Waals surface area contributed by atoms with Crippen LogP contribution in [0.5, 0.6) is 17.2 Å². The van der Waals surface area contributed by atoms with Gasteiger partial charge in [0.05, 0.1) is 6.20 Å². The standard InChI is InChI=1S/C16H15NO4/c1-2-14(18)13-5-4-12(8-17-13)19-9-11-3-6-15-16(7-11)21-10-20-15/h3-8H,2,9-10H2,1H3. The summed E-state index contributed by atoms with van der Waals surface area (Å²) < 4.78 is 16.2. The van der Waals surface area contributed by atoms with Crippen molar-refractivity contribution in [3.8, 4) is 17.2 Å². The van der Waals surface area contributed by atoms with Crippen LogP contribution < -0.4 is 14.2 Å². The molecule has 1 aliphatic rings. The van der Waals surface area contributed by atoms with Crippen molar-refractivity contribution >= 4 is 5.78 Å². The molecule has 0 saturated heterocycles. The summed E-state index contributed by atoms with van der Waals surface area (Å²) in [5.74, 6) is 2.14. The minimum Gasteiger partial charge on any atom is -0.487 e. The first-order valence-electron chi connectivity index (χ1n) is 6.77. The first-order chi connectivity index (χ1) is 10.3. The highest BCUT2D eigenvalue weighted by atomic mass is 16.7. The van der Waals surface area contributed by atoms with E-state index < -0.39 is 0 Å². The van der Waals surface area contributed by atoms with E-state index in [1.54, 1.807) is 18.3 Å². The Labute approximate surface area is 122 Å². The van der Waals surface area contributed by atoms with E-state index in [2.05, 4.69) is 4.98 Å². The number of fused-ring (bicyclic) bond motifs is 1. The van der Waals surface area contributed by atoms with E-state index in [1.807, 2.05) is 25.1 Å². The highest BCUT2D eigenvalue weighted by molar-refractivity contribution is 5.93. The summed E-state index contributed by atoms with van der Waals surface area (Å²) in [5.41, 5.74) is 1.45. The summed E-state index contributed by atoms with van der Waals surface area (Å²) in [5, 5.41) is 0. The number of carbonyl (C=O) groups excluding carboxylic acids is 1. The zero-order valence-corrected chi connectivity index (χ0v) is 11.7. The number of pyridine rings is 1. The van der Waals surface area contributed by atoms with E-state index in [4.69, 9.17) is 14.2 Å². The summed E-state index contributed by atoms with van der Waals surface area (Å²) in [4.78, 5) is 15.6. The van der Waals surface area contributed by atoms with Crippen LogP contribution in [0.4, 0.5) is 0 Å². The van der Waals surface area contributed by atoms with Crippen molar-refractivity contribution in [3.63, 3.8) is 0 Å². The maximum absolute atomic E-state index is 11.5. The lowest BCUT2D eigenvalue weighted by atomic mass is 10.2. The smallest absolute Gasteiger partial charge is 0.231 e. The molecule has 5 heteroatoms. The third kappa shape index (κ3) is 2.97. The van der Waals surface area contributed by atoms with E-state index in [0.717, 1.165) is 17.1 Å². The number of hydrogen-bond donors (Lipinski definition) is 0. The third-order valence-electron chi connectivity index (χ3n) is 3.19. The molecule has 0 aliphatic carbocycles. The summed E-state index contributed by atoms with van der Waals surface area (Å²) in [6.07, 6.45) is 2.01. The van der Waals surface area contributed by atoms with Gasteiger partial charge in [-0.15, -0.1) is 0 Å². The first-order valence-corrected chi connectivity index (χ1v) is 6.77. The topological polar surface area (TPSA) is 57.7 Å². The largest absolute Gasteiger partial charge is 0.487 e. The molecule has 1 aromatic heterocycles. The number of hydrogen-bond acceptors (Lipinski definition) is 5. The van der Waals surface area contributed by atoms with Crippen LogP contribution in [0.2, 0.25) is 0 Å². The number of aromatic nitrogens is 1. The molecule has 1 aliphatic heterocycles. The van der Waals surface area contributed by atoms with Crippen LogP contribution in [-0.2, 0) is 6.61 Å². The van der Waals surface area contributed by atoms with Crippen LogP contribution in [-0.4, -0.2) is 17.6 Å². The van der Waals surface area contributed by atoms with E-state index in [0.29, 0.717) is 24.5 Å². The molecule has 0 unspecified atom stereocenters. The first kappa shape index (κ1) is 13.4. The zero-order valence-electron chi connectivity index (χ0n) is 11.7. The van der Waals surface area contributed by atoms with Crippen molar-refractivity contribution < 1.29 is 19.0 Å². The Morgan fingerprint density at radius 2 is 2.10 bits per heavy atom. The molecule has 1 aromatic carbocycles. The van der Waals surface area contributed by atoms with Gasteiger partial charge in [-0.2, -0.15) is 0 Å². The molecule has 3 rings (SSSR count). The average molecular weight is 285 g/mol. The van der Waals surface area contributed by atoms with Gasteiger partial charge in [-0.3, -0.25) is 4.79 Å². The average Bonchev–Trinajstić information content (AvgIpc) is 3.00. The van der Waals surface area contributed by atoms with Gasteiger partial charge in [0.15, 0.2) is 17.3 Å². The van der Waals surface area contributed by atoms with E-state index in [9.17, 15) is 4.79 Å². The predicted molar refractivity (Wildman–Crippen MR) is 75.8 cm³/mol. The van der Waals surface area contributed by atoms with Crippen molar-refractivity contribution in [1.29, 1.82) is 0 Å². The third-order valence-corrected chi connectivity index (χ3v) is 3.19. The molecular formula is C16H15NO4. The Bertz CT molecular complexity index is 652. The van der Waals surface area contributed by atoms with Gasteiger partial charge >= 0.3 is 0 Å².